The van der Waals surface area contributed by atoms with Crippen molar-refractivity contribution >= 4 is 29.1 Å². The van der Waals surface area contributed by atoms with Crippen LogP contribution in [-0.2, 0) is 9.59 Å². The van der Waals surface area contributed by atoms with Gasteiger partial charge in [-0.3, -0.25) is 9.59 Å². The summed E-state index contributed by atoms with van der Waals surface area (Å²) in [4.78, 5) is 22.5. The van der Waals surface area contributed by atoms with Crippen molar-refractivity contribution in [1.29, 1.82) is 0 Å². The maximum Gasteiger partial charge on any atom is 0.224 e. The molecule has 0 radical (unpaired) electrons. The van der Waals surface area contributed by atoms with Gasteiger partial charge in [0.15, 0.2) is 0 Å². The molecule has 0 fully saturated rings. The number of nitrogens with one attached hydrogen (secondary N) is 2. The maximum atomic E-state index is 11.8. The van der Waals surface area contributed by atoms with Crippen molar-refractivity contribution in [3.8, 4) is 11.5 Å². The summed E-state index contributed by atoms with van der Waals surface area (Å²) in [7, 11) is 0. The highest BCUT2D eigenvalue weighted by atomic mass is 35.5. The second kappa shape index (κ2) is 8.93. The fraction of sp³-hybridized carbons (Fsp3) is 0.222. The molecule has 0 unspecified atom stereocenters. The lowest BCUT2D eigenvalue weighted by Crippen LogP contribution is -2.22. The number of anilines is 1. The Hall–Kier alpha value is -2.53. The SMILES string of the molecule is CC(=O)NCCCC(=O)Nc1ccc(Oc2ccccc2Cl)cc1. The number of carbonyl (C=O) groups excluding carboxylic acids is 2. The van der Waals surface area contributed by atoms with Gasteiger partial charge in [0.25, 0.3) is 0 Å². The van der Waals surface area contributed by atoms with Gasteiger partial charge < -0.3 is 15.4 Å². The van der Waals surface area contributed by atoms with E-state index in [1.54, 1.807) is 36.4 Å². The van der Waals surface area contributed by atoms with Crippen molar-refractivity contribution in [2.45, 2.75) is 19.8 Å². The number of rotatable bonds is 7. The zero-order chi connectivity index (χ0) is 17.4. The van der Waals surface area contributed by atoms with Crippen LogP contribution in [0.15, 0.2) is 48.5 Å². The van der Waals surface area contributed by atoms with Gasteiger partial charge in [-0.05, 0) is 42.8 Å². The van der Waals surface area contributed by atoms with Crippen LogP contribution in [0, 0.1) is 0 Å². The largest absolute Gasteiger partial charge is 0.456 e. The quantitative estimate of drug-likeness (QED) is 0.745. The van der Waals surface area contributed by atoms with Crippen LogP contribution in [0.25, 0.3) is 0 Å². The molecule has 0 spiro atoms. The number of hydrogen-bond donors (Lipinski definition) is 2. The van der Waals surface area contributed by atoms with Gasteiger partial charge in [-0.2, -0.15) is 0 Å². The summed E-state index contributed by atoms with van der Waals surface area (Å²) in [6.45, 7) is 1.94. The van der Waals surface area contributed by atoms with Crippen LogP contribution in [0.3, 0.4) is 0 Å². The van der Waals surface area contributed by atoms with E-state index in [9.17, 15) is 9.59 Å². The lowest BCUT2D eigenvalue weighted by atomic mass is 10.2. The normalized spacial score (nSPS) is 10.1. The van der Waals surface area contributed by atoms with E-state index in [1.807, 2.05) is 12.1 Å². The molecule has 2 rings (SSSR count). The fourth-order valence-corrected chi connectivity index (χ4v) is 2.17. The first-order chi connectivity index (χ1) is 11.5. The molecule has 24 heavy (non-hydrogen) atoms. The third-order valence-corrected chi connectivity index (χ3v) is 3.47. The van der Waals surface area contributed by atoms with Gasteiger partial charge >= 0.3 is 0 Å². The Labute approximate surface area is 146 Å². The smallest absolute Gasteiger partial charge is 0.224 e. The molecule has 126 valence electrons. The van der Waals surface area contributed by atoms with E-state index in [0.717, 1.165) is 0 Å². The zero-order valence-electron chi connectivity index (χ0n) is 13.3. The van der Waals surface area contributed by atoms with Crippen molar-refractivity contribution in [2.75, 3.05) is 11.9 Å². The maximum absolute atomic E-state index is 11.8. The predicted molar refractivity (Wildman–Crippen MR) is 94.5 cm³/mol. The highest BCUT2D eigenvalue weighted by Gasteiger charge is 2.05. The van der Waals surface area contributed by atoms with E-state index < -0.39 is 0 Å². The van der Waals surface area contributed by atoms with Crippen LogP contribution in [0.5, 0.6) is 11.5 Å². The van der Waals surface area contributed by atoms with Gasteiger partial charge in [0.1, 0.15) is 11.5 Å². The van der Waals surface area contributed by atoms with Gasteiger partial charge in [-0.25, -0.2) is 0 Å². The molecule has 0 aliphatic heterocycles. The Balaban J connectivity index is 1.82. The van der Waals surface area contributed by atoms with Crippen molar-refractivity contribution in [3.63, 3.8) is 0 Å². The highest BCUT2D eigenvalue weighted by Crippen LogP contribution is 2.29. The average molecular weight is 347 g/mol. The number of amides is 2. The predicted octanol–water partition coefficient (Wildman–Crippen LogP) is 3.99. The minimum atomic E-state index is -0.0971. The molecule has 2 amide bonds. The molecular formula is C18H19ClN2O3. The van der Waals surface area contributed by atoms with Crippen molar-refractivity contribution < 1.29 is 14.3 Å². The molecule has 0 atom stereocenters. The summed E-state index contributed by atoms with van der Waals surface area (Å²) in [6, 6.07) is 14.3. The van der Waals surface area contributed by atoms with Gasteiger partial charge in [0.05, 0.1) is 5.02 Å². The Kier molecular flexibility index (Phi) is 6.63. The molecule has 0 saturated heterocycles. The molecule has 0 heterocycles. The third kappa shape index (κ3) is 5.93. The van der Waals surface area contributed by atoms with Crippen molar-refractivity contribution in [3.05, 3.63) is 53.6 Å². The van der Waals surface area contributed by atoms with E-state index >= 15 is 0 Å². The second-order valence-corrected chi connectivity index (χ2v) is 5.60. The Morgan fingerprint density at radius 2 is 1.79 bits per heavy atom. The first-order valence-electron chi connectivity index (χ1n) is 7.61. The molecule has 0 aliphatic carbocycles. The fourth-order valence-electron chi connectivity index (χ4n) is 2.00. The number of para-hydroxylation sites is 1. The molecule has 0 aromatic heterocycles. The van der Waals surface area contributed by atoms with E-state index in [2.05, 4.69) is 10.6 Å². The lowest BCUT2D eigenvalue weighted by Gasteiger charge is -2.09. The van der Waals surface area contributed by atoms with E-state index in [-0.39, 0.29) is 11.8 Å². The summed E-state index contributed by atoms with van der Waals surface area (Å²) in [5, 5.41) is 5.99. The minimum absolute atomic E-state index is 0.0930. The first-order valence-corrected chi connectivity index (χ1v) is 7.99. The number of carbonyl (C=O) groups is 2. The Bertz CT molecular complexity index is 702. The number of hydrogen-bond acceptors (Lipinski definition) is 3. The van der Waals surface area contributed by atoms with E-state index in [1.165, 1.54) is 6.92 Å². The topological polar surface area (TPSA) is 67.4 Å². The molecule has 2 aromatic rings. The van der Waals surface area contributed by atoms with Crippen LogP contribution in [0.1, 0.15) is 19.8 Å². The molecule has 0 aliphatic rings. The molecule has 2 N–H and O–H groups in total. The highest BCUT2D eigenvalue weighted by molar-refractivity contribution is 6.32. The molecule has 6 heteroatoms. The zero-order valence-corrected chi connectivity index (χ0v) is 14.1. The number of ether oxygens (including phenoxy) is 1. The average Bonchev–Trinajstić information content (AvgIpc) is 2.55. The minimum Gasteiger partial charge on any atom is -0.456 e. The second-order valence-electron chi connectivity index (χ2n) is 5.19. The van der Waals surface area contributed by atoms with Crippen LogP contribution < -0.4 is 15.4 Å². The summed E-state index contributed by atoms with van der Waals surface area (Å²) < 4.78 is 5.69. The Morgan fingerprint density at radius 1 is 1.08 bits per heavy atom. The van der Waals surface area contributed by atoms with Crippen molar-refractivity contribution in [1.82, 2.24) is 5.32 Å². The van der Waals surface area contributed by atoms with Gasteiger partial charge in [0, 0.05) is 25.6 Å². The Morgan fingerprint density at radius 3 is 2.46 bits per heavy atom. The van der Waals surface area contributed by atoms with Crippen LogP contribution >= 0.6 is 11.6 Å². The molecule has 5 nitrogen and oxygen atoms in total. The number of halogens is 1. The summed E-state index contributed by atoms with van der Waals surface area (Å²) in [6.07, 6.45) is 0.942. The first kappa shape index (κ1) is 17.8. The molecule has 0 bridgehead atoms. The van der Waals surface area contributed by atoms with Crippen LogP contribution in [0.2, 0.25) is 5.02 Å². The summed E-state index contributed by atoms with van der Waals surface area (Å²) >= 11 is 6.05. The van der Waals surface area contributed by atoms with Gasteiger partial charge in [-0.1, -0.05) is 23.7 Å². The summed E-state index contributed by atoms with van der Waals surface area (Å²) in [5.41, 5.74) is 0.686. The van der Waals surface area contributed by atoms with Crippen LogP contribution in [0.4, 0.5) is 5.69 Å². The molecule has 0 saturated carbocycles. The van der Waals surface area contributed by atoms with Gasteiger partial charge in [0.2, 0.25) is 11.8 Å². The van der Waals surface area contributed by atoms with Crippen molar-refractivity contribution in [2.24, 2.45) is 0 Å². The number of benzene rings is 2. The van der Waals surface area contributed by atoms with Crippen LogP contribution in [-0.4, -0.2) is 18.4 Å². The van der Waals surface area contributed by atoms with E-state index in [4.69, 9.17) is 16.3 Å². The lowest BCUT2D eigenvalue weighted by molar-refractivity contribution is -0.119. The van der Waals surface area contributed by atoms with E-state index in [0.29, 0.717) is 41.6 Å². The molecular weight excluding hydrogens is 328 g/mol. The van der Waals surface area contributed by atoms with Gasteiger partial charge in [-0.15, -0.1) is 0 Å². The standard InChI is InChI=1S/C18H19ClN2O3/c1-13(22)20-12-4-7-18(23)21-14-8-10-15(11-9-14)24-17-6-3-2-5-16(17)19/h2-3,5-6,8-11H,4,7,12H2,1H3,(H,20,22)(H,21,23). The summed E-state index contributed by atoms with van der Waals surface area (Å²) in [5.74, 6) is 1.02. The molecule has 2 aromatic carbocycles. The third-order valence-electron chi connectivity index (χ3n) is 3.16. The monoisotopic (exact) mass is 346 g/mol.